The number of hydrogen-bond acceptors (Lipinski definition) is 5. The Morgan fingerprint density at radius 2 is 2.11 bits per heavy atom. The Morgan fingerprint density at radius 1 is 1.50 bits per heavy atom. The molecule has 0 saturated heterocycles. The summed E-state index contributed by atoms with van der Waals surface area (Å²) < 4.78 is 0. The van der Waals surface area contributed by atoms with Gasteiger partial charge in [-0.15, -0.1) is 11.6 Å². The van der Waals surface area contributed by atoms with Crippen molar-refractivity contribution in [2.24, 2.45) is 5.84 Å². The molecule has 7 heteroatoms. The standard InChI is InChI=1S/C11H15ClN2O4/c1-11(14-13,10(17)18)5-7(12)6-2-3-8(15)9(16)4-6/h2-4,7,14-16H,5,13H2,1H3,(H,17,18). The molecule has 100 valence electrons. The van der Waals surface area contributed by atoms with Crippen LogP contribution >= 0.6 is 11.6 Å². The number of rotatable bonds is 5. The van der Waals surface area contributed by atoms with Gasteiger partial charge in [0.15, 0.2) is 11.5 Å². The van der Waals surface area contributed by atoms with Crippen molar-refractivity contribution in [1.82, 2.24) is 5.43 Å². The van der Waals surface area contributed by atoms with Gasteiger partial charge in [-0.25, -0.2) is 5.43 Å². The second-order valence-electron chi connectivity index (χ2n) is 4.20. The van der Waals surface area contributed by atoms with E-state index in [0.29, 0.717) is 5.56 Å². The highest BCUT2D eigenvalue weighted by Crippen LogP contribution is 2.34. The van der Waals surface area contributed by atoms with Crippen LogP contribution < -0.4 is 11.3 Å². The Morgan fingerprint density at radius 3 is 2.56 bits per heavy atom. The van der Waals surface area contributed by atoms with Gasteiger partial charge in [0.05, 0.1) is 5.38 Å². The maximum atomic E-state index is 11.0. The fraction of sp³-hybridized carbons (Fsp3) is 0.364. The van der Waals surface area contributed by atoms with Gasteiger partial charge in [-0.2, -0.15) is 0 Å². The lowest BCUT2D eigenvalue weighted by Gasteiger charge is -2.26. The third-order valence-corrected chi connectivity index (χ3v) is 3.15. The van der Waals surface area contributed by atoms with Crippen molar-refractivity contribution in [1.29, 1.82) is 0 Å². The fourth-order valence-electron chi connectivity index (χ4n) is 1.42. The van der Waals surface area contributed by atoms with Gasteiger partial charge in [-0.05, 0) is 31.0 Å². The molecule has 0 amide bonds. The van der Waals surface area contributed by atoms with E-state index in [1.165, 1.54) is 25.1 Å². The molecule has 0 aliphatic carbocycles. The van der Waals surface area contributed by atoms with Crippen LogP contribution in [0, 0.1) is 0 Å². The maximum Gasteiger partial charge on any atom is 0.324 e. The first kappa shape index (κ1) is 14.6. The summed E-state index contributed by atoms with van der Waals surface area (Å²) in [7, 11) is 0. The highest BCUT2D eigenvalue weighted by atomic mass is 35.5. The van der Waals surface area contributed by atoms with Gasteiger partial charge in [0.25, 0.3) is 0 Å². The molecule has 0 aromatic heterocycles. The average molecular weight is 275 g/mol. The van der Waals surface area contributed by atoms with E-state index in [1.807, 2.05) is 0 Å². The Hall–Kier alpha value is -1.50. The number of nitrogens with two attached hydrogens (primary N) is 1. The van der Waals surface area contributed by atoms with Gasteiger partial charge in [0, 0.05) is 0 Å². The van der Waals surface area contributed by atoms with E-state index in [4.69, 9.17) is 22.6 Å². The first-order chi connectivity index (χ1) is 8.30. The average Bonchev–Trinajstić information content (AvgIpc) is 2.32. The fourth-order valence-corrected chi connectivity index (χ4v) is 1.86. The van der Waals surface area contributed by atoms with Crippen LogP contribution in [0.2, 0.25) is 0 Å². The highest BCUT2D eigenvalue weighted by Gasteiger charge is 2.34. The van der Waals surface area contributed by atoms with Gasteiger partial charge in [-0.3, -0.25) is 10.6 Å². The number of hydrogen-bond donors (Lipinski definition) is 5. The number of aliphatic carboxylic acids is 1. The molecule has 0 aliphatic heterocycles. The van der Waals surface area contributed by atoms with Crippen molar-refractivity contribution in [3.05, 3.63) is 23.8 Å². The lowest BCUT2D eigenvalue weighted by Crippen LogP contribution is -2.53. The molecule has 2 atom stereocenters. The Kier molecular flexibility index (Phi) is 4.39. The molecular weight excluding hydrogens is 260 g/mol. The summed E-state index contributed by atoms with van der Waals surface area (Å²) in [6.45, 7) is 1.41. The lowest BCUT2D eigenvalue weighted by molar-refractivity contribution is -0.144. The van der Waals surface area contributed by atoms with Gasteiger partial charge in [-0.1, -0.05) is 6.07 Å². The summed E-state index contributed by atoms with van der Waals surface area (Å²) in [6.07, 6.45) is 0.0185. The number of nitrogens with one attached hydrogen (secondary N) is 1. The van der Waals surface area contributed by atoms with Crippen molar-refractivity contribution >= 4 is 17.6 Å². The predicted octanol–water partition coefficient (Wildman–Crippen LogP) is 1.07. The number of alkyl halides is 1. The van der Waals surface area contributed by atoms with Crippen LogP contribution in [0.5, 0.6) is 11.5 Å². The van der Waals surface area contributed by atoms with Crippen LogP contribution in [0.4, 0.5) is 0 Å². The number of phenols is 2. The Bertz CT molecular complexity index is 455. The van der Waals surface area contributed by atoms with E-state index in [9.17, 15) is 15.0 Å². The maximum absolute atomic E-state index is 11.0. The van der Waals surface area contributed by atoms with E-state index in [2.05, 4.69) is 5.43 Å². The number of halogens is 1. The summed E-state index contributed by atoms with van der Waals surface area (Å²) in [6, 6.07) is 4.07. The molecule has 0 radical (unpaired) electrons. The largest absolute Gasteiger partial charge is 0.504 e. The summed E-state index contributed by atoms with van der Waals surface area (Å²) in [5, 5.41) is 26.9. The third-order valence-electron chi connectivity index (χ3n) is 2.74. The zero-order valence-electron chi connectivity index (χ0n) is 9.72. The molecule has 0 saturated carbocycles. The molecule has 1 aromatic carbocycles. The summed E-state index contributed by atoms with van der Waals surface area (Å²) >= 11 is 6.09. The first-order valence-corrected chi connectivity index (χ1v) is 5.61. The number of carbonyl (C=O) groups is 1. The molecule has 1 aromatic rings. The molecular formula is C11H15ClN2O4. The molecule has 0 fully saturated rings. The van der Waals surface area contributed by atoms with Crippen molar-refractivity contribution in [3.8, 4) is 11.5 Å². The van der Waals surface area contributed by atoms with Crippen molar-refractivity contribution in [2.75, 3.05) is 0 Å². The van der Waals surface area contributed by atoms with Crippen molar-refractivity contribution in [2.45, 2.75) is 24.3 Å². The first-order valence-electron chi connectivity index (χ1n) is 5.17. The van der Waals surface area contributed by atoms with E-state index < -0.39 is 16.9 Å². The van der Waals surface area contributed by atoms with E-state index in [1.54, 1.807) is 0 Å². The van der Waals surface area contributed by atoms with Crippen LogP contribution in [-0.2, 0) is 4.79 Å². The van der Waals surface area contributed by atoms with Gasteiger partial charge in [0.1, 0.15) is 5.54 Å². The normalized spacial score (nSPS) is 15.9. The molecule has 0 bridgehead atoms. The Labute approximate surface area is 109 Å². The number of phenolic OH excluding ortho intramolecular Hbond substituents is 2. The molecule has 18 heavy (non-hydrogen) atoms. The van der Waals surface area contributed by atoms with Crippen LogP contribution in [0.15, 0.2) is 18.2 Å². The van der Waals surface area contributed by atoms with Crippen LogP contribution in [-0.4, -0.2) is 26.8 Å². The summed E-state index contributed by atoms with van der Waals surface area (Å²) in [4.78, 5) is 11.0. The third kappa shape index (κ3) is 3.04. The highest BCUT2D eigenvalue weighted by molar-refractivity contribution is 6.21. The summed E-state index contributed by atoms with van der Waals surface area (Å²) in [5.74, 6) is 3.51. The smallest absolute Gasteiger partial charge is 0.324 e. The number of carboxylic acids is 1. The minimum Gasteiger partial charge on any atom is -0.504 e. The number of carboxylic acid groups (broad SMARTS) is 1. The molecule has 0 aliphatic rings. The quantitative estimate of drug-likeness (QED) is 0.237. The van der Waals surface area contributed by atoms with Crippen molar-refractivity contribution < 1.29 is 20.1 Å². The molecule has 6 N–H and O–H groups in total. The van der Waals surface area contributed by atoms with Gasteiger partial charge in [0.2, 0.25) is 0 Å². The number of benzene rings is 1. The predicted molar refractivity (Wildman–Crippen MR) is 66.3 cm³/mol. The number of aromatic hydroxyl groups is 2. The minimum absolute atomic E-state index is 0.0185. The Balaban J connectivity index is 2.90. The molecule has 6 nitrogen and oxygen atoms in total. The SMILES string of the molecule is CC(CC(Cl)c1ccc(O)c(O)c1)(NN)C(=O)O. The molecule has 1 rings (SSSR count). The monoisotopic (exact) mass is 274 g/mol. The number of hydrazine groups is 1. The molecule has 2 unspecified atom stereocenters. The second-order valence-corrected chi connectivity index (χ2v) is 4.73. The van der Waals surface area contributed by atoms with Gasteiger partial charge >= 0.3 is 5.97 Å². The van der Waals surface area contributed by atoms with Gasteiger partial charge < -0.3 is 15.3 Å². The zero-order valence-corrected chi connectivity index (χ0v) is 10.5. The zero-order chi connectivity index (χ0) is 13.9. The van der Waals surface area contributed by atoms with Crippen LogP contribution in [0.25, 0.3) is 0 Å². The van der Waals surface area contributed by atoms with E-state index >= 15 is 0 Å². The van der Waals surface area contributed by atoms with Crippen LogP contribution in [0.1, 0.15) is 24.3 Å². The topological polar surface area (TPSA) is 116 Å². The van der Waals surface area contributed by atoms with Crippen LogP contribution in [0.3, 0.4) is 0 Å². The van der Waals surface area contributed by atoms with E-state index in [-0.39, 0.29) is 17.9 Å². The molecule has 0 heterocycles. The molecule has 0 spiro atoms. The van der Waals surface area contributed by atoms with E-state index in [0.717, 1.165) is 0 Å². The second kappa shape index (κ2) is 5.43. The summed E-state index contributed by atoms with van der Waals surface area (Å²) in [5.41, 5.74) is 1.33. The van der Waals surface area contributed by atoms with Crippen molar-refractivity contribution in [3.63, 3.8) is 0 Å². The lowest BCUT2D eigenvalue weighted by atomic mass is 9.93. The minimum atomic E-state index is -1.38.